The van der Waals surface area contributed by atoms with Gasteiger partial charge >= 0.3 is 6.03 Å². The van der Waals surface area contributed by atoms with Crippen molar-refractivity contribution in [3.05, 3.63) is 35.7 Å². The number of rotatable bonds is 4. The Kier molecular flexibility index (Phi) is 5.43. The smallest absolute Gasteiger partial charge is 0.319 e. The zero-order valence-corrected chi connectivity index (χ0v) is 15.7. The van der Waals surface area contributed by atoms with E-state index in [4.69, 9.17) is 14.2 Å². The number of benzene rings is 1. The number of morpholine rings is 1. The summed E-state index contributed by atoms with van der Waals surface area (Å²) in [6.07, 6.45) is 0. The third-order valence-corrected chi connectivity index (χ3v) is 4.42. The Hall–Kier alpha value is -3.07. The van der Waals surface area contributed by atoms with Crippen LogP contribution in [0.2, 0.25) is 0 Å². The van der Waals surface area contributed by atoms with E-state index < -0.39 is 0 Å². The van der Waals surface area contributed by atoms with Gasteiger partial charge in [0.1, 0.15) is 13.2 Å². The lowest BCUT2D eigenvalue weighted by Crippen LogP contribution is -2.37. The van der Waals surface area contributed by atoms with Crippen molar-refractivity contribution in [2.24, 2.45) is 0 Å². The lowest BCUT2D eigenvalue weighted by atomic mass is 10.2. The van der Waals surface area contributed by atoms with Crippen molar-refractivity contribution in [1.29, 1.82) is 0 Å². The molecular weight excluding hydrogens is 362 g/mol. The van der Waals surface area contributed by atoms with Gasteiger partial charge in [-0.25, -0.2) is 14.8 Å². The summed E-state index contributed by atoms with van der Waals surface area (Å²) in [5, 5.41) is 5.63. The molecule has 1 aromatic heterocycles. The van der Waals surface area contributed by atoms with Crippen molar-refractivity contribution >= 4 is 17.7 Å². The van der Waals surface area contributed by atoms with Crippen LogP contribution in [0.5, 0.6) is 11.5 Å². The highest BCUT2D eigenvalue weighted by Gasteiger charge is 2.16. The average Bonchev–Trinajstić information content (AvgIpc) is 2.72. The number of carbonyl (C=O) groups excluding carboxylic acids is 1. The summed E-state index contributed by atoms with van der Waals surface area (Å²) in [5.41, 5.74) is 2.25. The topological polar surface area (TPSA) is 97.8 Å². The van der Waals surface area contributed by atoms with Gasteiger partial charge in [0.15, 0.2) is 11.5 Å². The van der Waals surface area contributed by atoms with Gasteiger partial charge in [0.05, 0.1) is 25.5 Å². The molecule has 0 aliphatic carbocycles. The van der Waals surface area contributed by atoms with Crippen LogP contribution in [0.25, 0.3) is 0 Å². The number of anilines is 2. The summed E-state index contributed by atoms with van der Waals surface area (Å²) in [7, 11) is 0. The fourth-order valence-corrected chi connectivity index (χ4v) is 3.08. The summed E-state index contributed by atoms with van der Waals surface area (Å²) >= 11 is 0. The van der Waals surface area contributed by atoms with Crippen LogP contribution in [0.15, 0.2) is 24.3 Å². The molecule has 9 heteroatoms. The summed E-state index contributed by atoms with van der Waals surface area (Å²) in [6, 6.07) is 6.86. The number of carbonyl (C=O) groups is 1. The van der Waals surface area contributed by atoms with Gasteiger partial charge in [-0.3, -0.25) is 0 Å². The normalized spacial score (nSPS) is 15.8. The molecule has 28 heavy (non-hydrogen) atoms. The first-order chi connectivity index (χ1) is 13.7. The Morgan fingerprint density at radius 1 is 1.07 bits per heavy atom. The monoisotopic (exact) mass is 385 g/mol. The second-order valence-corrected chi connectivity index (χ2v) is 6.57. The molecule has 2 amide bonds. The van der Waals surface area contributed by atoms with E-state index in [0.29, 0.717) is 56.1 Å². The maximum Gasteiger partial charge on any atom is 0.319 e. The Labute approximate surface area is 163 Å². The number of urea groups is 1. The zero-order chi connectivity index (χ0) is 19.3. The maximum atomic E-state index is 12.3. The van der Waals surface area contributed by atoms with Gasteiger partial charge in [-0.2, -0.15) is 0 Å². The van der Waals surface area contributed by atoms with E-state index in [-0.39, 0.29) is 6.03 Å². The van der Waals surface area contributed by atoms with E-state index in [1.54, 1.807) is 18.2 Å². The number of fused-ring (bicyclic) bond motifs is 1. The van der Waals surface area contributed by atoms with Gasteiger partial charge in [-0.15, -0.1) is 0 Å². The molecule has 148 valence electrons. The number of ether oxygens (including phenoxy) is 3. The van der Waals surface area contributed by atoms with Crippen LogP contribution in [0.1, 0.15) is 11.4 Å². The second kappa shape index (κ2) is 8.30. The minimum Gasteiger partial charge on any atom is -0.486 e. The number of nitrogens with one attached hydrogen (secondary N) is 2. The fourth-order valence-electron chi connectivity index (χ4n) is 3.08. The molecule has 0 spiro atoms. The van der Waals surface area contributed by atoms with Crippen LogP contribution in [0.4, 0.5) is 16.4 Å². The van der Waals surface area contributed by atoms with Gasteiger partial charge < -0.3 is 29.7 Å². The average molecular weight is 385 g/mol. The highest BCUT2D eigenvalue weighted by Crippen LogP contribution is 2.32. The van der Waals surface area contributed by atoms with E-state index in [2.05, 4.69) is 25.5 Å². The van der Waals surface area contributed by atoms with Gasteiger partial charge in [0.25, 0.3) is 0 Å². The molecule has 2 aromatic rings. The predicted molar refractivity (Wildman–Crippen MR) is 103 cm³/mol. The Bertz CT molecular complexity index is 854. The number of nitrogens with zero attached hydrogens (tertiary/aromatic N) is 3. The van der Waals surface area contributed by atoms with Crippen molar-refractivity contribution in [2.75, 3.05) is 49.7 Å². The van der Waals surface area contributed by atoms with E-state index in [1.807, 2.05) is 13.0 Å². The number of hydrogen-bond acceptors (Lipinski definition) is 7. The first-order valence-electron chi connectivity index (χ1n) is 9.29. The van der Waals surface area contributed by atoms with Crippen molar-refractivity contribution in [3.63, 3.8) is 0 Å². The highest BCUT2D eigenvalue weighted by molar-refractivity contribution is 5.89. The van der Waals surface area contributed by atoms with Gasteiger partial charge in [-0.1, -0.05) is 0 Å². The van der Waals surface area contributed by atoms with Crippen LogP contribution in [-0.2, 0) is 11.3 Å². The zero-order valence-electron chi connectivity index (χ0n) is 15.7. The summed E-state index contributed by atoms with van der Waals surface area (Å²) < 4.78 is 16.4. The Morgan fingerprint density at radius 2 is 1.86 bits per heavy atom. The molecule has 0 bridgehead atoms. The molecule has 1 saturated heterocycles. The largest absolute Gasteiger partial charge is 0.486 e. The second-order valence-electron chi connectivity index (χ2n) is 6.57. The first kappa shape index (κ1) is 18.3. The molecule has 0 saturated carbocycles. The van der Waals surface area contributed by atoms with Gasteiger partial charge in [0, 0.05) is 30.5 Å². The molecule has 9 nitrogen and oxygen atoms in total. The Balaban J connectivity index is 1.36. The lowest BCUT2D eigenvalue weighted by Gasteiger charge is -2.27. The number of aryl methyl sites for hydroxylation is 1. The molecule has 2 aliphatic rings. The standard InChI is InChI=1S/C19H23N5O4/c1-13-10-15(22-18(21-13)24-4-6-26-7-5-24)12-20-19(25)23-14-2-3-16-17(11-14)28-9-8-27-16/h2-3,10-11H,4-9,12H2,1H3,(H2,20,23,25). The Morgan fingerprint density at radius 3 is 2.68 bits per heavy atom. The molecule has 3 heterocycles. The predicted octanol–water partition coefficient (Wildman–Crippen LogP) is 1.71. The van der Waals surface area contributed by atoms with Gasteiger partial charge in [-0.05, 0) is 25.1 Å². The highest BCUT2D eigenvalue weighted by atomic mass is 16.6. The minimum absolute atomic E-state index is 0.303. The molecule has 0 unspecified atom stereocenters. The van der Waals surface area contributed by atoms with E-state index in [0.717, 1.165) is 24.5 Å². The molecular formula is C19H23N5O4. The number of amides is 2. The van der Waals surface area contributed by atoms with Crippen molar-refractivity contribution in [3.8, 4) is 11.5 Å². The SMILES string of the molecule is Cc1cc(CNC(=O)Nc2ccc3c(c2)OCCO3)nc(N2CCOCC2)n1. The number of hydrogen-bond donors (Lipinski definition) is 2. The van der Waals surface area contributed by atoms with Crippen LogP contribution < -0.4 is 25.0 Å². The summed E-state index contributed by atoms with van der Waals surface area (Å²) in [4.78, 5) is 23.4. The van der Waals surface area contributed by atoms with Crippen LogP contribution >= 0.6 is 0 Å². The molecule has 2 aliphatic heterocycles. The summed E-state index contributed by atoms with van der Waals surface area (Å²) in [5.74, 6) is 1.99. The van der Waals surface area contributed by atoms with Crippen LogP contribution in [0.3, 0.4) is 0 Å². The van der Waals surface area contributed by atoms with E-state index >= 15 is 0 Å². The minimum atomic E-state index is -0.319. The third kappa shape index (κ3) is 4.42. The summed E-state index contributed by atoms with van der Waals surface area (Å²) in [6.45, 7) is 6.13. The molecule has 1 fully saturated rings. The van der Waals surface area contributed by atoms with Crippen LogP contribution in [0, 0.1) is 6.92 Å². The lowest BCUT2D eigenvalue weighted by molar-refractivity contribution is 0.122. The van der Waals surface area contributed by atoms with Crippen molar-refractivity contribution in [1.82, 2.24) is 15.3 Å². The maximum absolute atomic E-state index is 12.3. The molecule has 0 atom stereocenters. The molecule has 0 radical (unpaired) electrons. The first-order valence-corrected chi connectivity index (χ1v) is 9.29. The van der Waals surface area contributed by atoms with Gasteiger partial charge in [0.2, 0.25) is 5.95 Å². The quantitative estimate of drug-likeness (QED) is 0.827. The van der Waals surface area contributed by atoms with E-state index in [9.17, 15) is 4.79 Å². The fraction of sp³-hybridized carbons (Fsp3) is 0.421. The molecule has 1 aromatic carbocycles. The molecule has 4 rings (SSSR count). The van der Waals surface area contributed by atoms with E-state index in [1.165, 1.54) is 0 Å². The molecule has 2 N–H and O–H groups in total. The van der Waals surface area contributed by atoms with Crippen molar-refractivity contribution in [2.45, 2.75) is 13.5 Å². The van der Waals surface area contributed by atoms with Crippen molar-refractivity contribution < 1.29 is 19.0 Å². The number of aromatic nitrogens is 2. The van der Waals surface area contributed by atoms with Crippen LogP contribution in [-0.4, -0.2) is 55.5 Å². The third-order valence-electron chi connectivity index (χ3n) is 4.42.